The normalized spacial score (nSPS) is 10.4. The molecular formula is C17H17BrO2. The highest BCUT2D eigenvalue weighted by molar-refractivity contribution is 9.10. The van der Waals surface area contributed by atoms with E-state index in [0.717, 1.165) is 15.6 Å². The second kappa shape index (κ2) is 6.23. The topological polar surface area (TPSA) is 26.3 Å². The zero-order chi connectivity index (χ0) is 14.7. The predicted octanol–water partition coefficient (Wildman–Crippen LogP) is 4.70. The monoisotopic (exact) mass is 332 g/mol. The van der Waals surface area contributed by atoms with E-state index in [1.807, 2.05) is 57.2 Å². The molecule has 20 heavy (non-hydrogen) atoms. The lowest BCUT2D eigenvalue weighted by Crippen LogP contribution is -2.06. The summed E-state index contributed by atoms with van der Waals surface area (Å²) in [5, 5.41) is 0. The van der Waals surface area contributed by atoms with Crippen LogP contribution < -0.4 is 4.74 Å². The lowest BCUT2D eigenvalue weighted by atomic mass is 10.00. The molecule has 0 heterocycles. The number of ether oxygens (including phenoxy) is 1. The van der Waals surface area contributed by atoms with E-state index in [9.17, 15) is 4.79 Å². The van der Waals surface area contributed by atoms with E-state index in [0.29, 0.717) is 23.5 Å². The van der Waals surface area contributed by atoms with Crippen molar-refractivity contribution >= 4 is 21.7 Å². The minimum atomic E-state index is -0.0241. The summed E-state index contributed by atoms with van der Waals surface area (Å²) in [5.74, 6) is 0.611. The first kappa shape index (κ1) is 14.8. The molecule has 0 aliphatic heterocycles. The van der Waals surface area contributed by atoms with Crippen molar-refractivity contribution in [3.63, 3.8) is 0 Å². The smallest absolute Gasteiger partial charge is 0.197 e. The lowest BCUT2D eigenvalue weighted by Gasteiger charge is -2.11. The number of aryl methyl sites for hydroxylation is 2. The highest BCUT2D eigenvalue weighted by Gasteiger charge is 2.17. The van der Waals surface area contributed by atoms with Gasteiger partial charge in [0.05, 0.1) is 12.2 Å². The number of halogens is 1. The Bertz CT molecular complexity index is 647. The minimum Gasteiger partial charge on any atom is -0.493 e. The molecule has 0 saturated heterocycles. The molecule has 0 aromatic heterocycles. The van der Waals surface area contributed by atoms with Gasteiger partial charge in [-0.2, -0.15) is 0 Å². The Morgan fingerprint density at radius 1 is 1.05 bits per heavy atom. The van der Waals surface area contributed by atoms with Crippen LogP contribution >= 0.6 is 15.9 Å². The van der Waals surface area contributed by atoms with Crippen molar-refractivity contribution < 1.29 is 9.53 Å². The summed E-state index contributed by atoms with van der Waals surface area (Å²) in [6.45, 7) is 6.42. The van der Waals surface area contributed by atoms with Gasteiger partial charge in [0.15, 0.2) is 5.78 Å². The summed E-state index contributed by atoms with van der Waals surface area (Å²) in [4.78, 5) is 12.7. The molecule has 2 aromatic carbocycles. The number of hydrogen-bond acceptors (Lipinski definition) is 2. The summed E-state index contributed by atoms with van der Waals surface area (Å²) < 4.78 is 6.37. The van der Waals surface area contributed by atoms with E-state index in [1.165, 1.54) is 0 Å². The van der Waals surface area contributed by atoms with Gasteiger partial charge in [-0.1, -0.05) is 33.6 Å². The van der Waals surface area contributed by atoms with Crippen molar-refractivity contribution in [1.82, 2.24) is 0 Å². The van der Waals surface area contributed by atoms with Gasteiger partial charge in [0.2, 0.25) is 0 Å². The fourth-order valence-electron chi connectivity index (χ4n) is 2.05. The van der Waals surface area contributed by atoms with Crippen molar-refractivity contribution in [3.05, 3.63) is 63.1 Å². The van der Waals surface area contributed by atoms with Crippen LogP contribution in [0, 0.1) is 13.8 Å². The van der Waals surface area contributed by atoms with Gasteiger partial charge in [-0.3, -0.25) is 4.79 Å². The number of ketones is 1. The van der Waals surface area contributed by atoms with Gasteiger partial charge in [-0.15, -0.1) is 0 Å². The summed E-state index contributed by atoms with van der Waals surface area (Å²) in [5.41, 5.74) is 3.42. The third kappa shape index (κ3) is 3.10. The lowest BCUT2D eigenvalue weighted by molar-refractivity contribution is 0.103. The standard InChI is InChI=1S/C17H17BrO2/c1-4-20-16-8-6-11(2)9-14(16)17(19)13-7-5-12(3)10-15(13)18/h5-10H,4H2,1-3H3. The van der Waals surface area contributed by atoms with Crippen molar-refractivity contribution in [1.29, 1.82) is 0 Å². The molecule has 2 nitrogen and oxygen atoms in total. The number of carbonyl (C=O) groups excluding carboxylic acids is 1. The quantitative estimate of drug-likeness (QED) is 0.759. The third-order valence-corrected chi connectivity index (χ3v) is 3.70. The Labute approximate surface area is 127 Å². The van der Waals surface area contributed by atoms with E-state index in [4.69, 9.17) is 4.74 Å². The maximum atomic E-state index is 12.7. The van der Waals surface area contributed by atoms with E-state index >= 15 is 0 Å². The van der Waals surface area contributed by atoms with E-state index in [1.54, 1.807) is 0 Å². The van der Waals surface area contributed by atoms with Crippen LogP contribution in [0.25, 0.3) is 0 Å². The summed E-state index contributed by atoms with van der Waals surface area (Å²) in [6.07, 6.45) is 0. The summed E-state index contributed by atoms with van der Waals surface area (Å²) in [6, 6.07) is 11.4. The Kier molecular flexibility index (Phi) is 4.61. The van der Waals surface area contributed by atoms with Crippen molar-refractivity contribution in [2.75, 3.05) is 6.61 Å². The molecule has 0 unspecified atom stereocenters. The van der Waals surface area contributed by atoms with Crippen LogP contribution in [0.4, 0.5) is 0 Å². The molecule has 0 saturated carbocycles. The minimum absolute atomic E-state index is 0.0241. The molecule has 0 amide bonds. The molecule has 2 aromatic rings. The largest absolute Gasteiger partial charge is 0.493 e. The average molecular weight is 333 g/mol. The Morgan fingerprint density at radius 2 is 1.70 bits per heavy atom. The second-order valence-electron chi connectivity index (χ2n) is 4.75. The zero-order valence-corrected chi connectivity index (χ0v) is 13.5. The van der Waals surface area contributed by atoms with Crippen molar-refractivity contribution in [3.8, 4) is 5.75 Å². The number of benzene rings is 2. The molecule has 0 bridgehead atoms. The van der Waals surface area contributed by atoms with Gasteiger partial charge >= 0.3 is 0 Å². The van der Waals surface area contributed by atoms with Crippen LogP contribution in [-0.4, -0.2) is 12.4 Å². The maximum absolute atomic E-state index is 12.7. The molecule has 0 fully saturated rings. The van der Waals surface area contributed by atoms with Gasteiger partial charge in [0, 0.05) is 10.0 Å². The van der Waals surface area contributed by atoms with Crippen LogP contribution in [0.2, 0.25) is 0 Å². The summed E-state index contributed by atoms with van der Waals surface area (Å²) in [7, 11) is 0. The third-order valence-electron chi connectivity index (χ3n) is 3.05. The van der Waals surface area contributed by atoms with Gasteiger partial charge in [0.25, 0.3) is 0 Å². The van der Waals surface area contributed by atoms with E-state index < -0.39 is 0 Å². The second-order valence-corrected chi connectivity index (χ2v) is 5.60. The first-order chi connectivity index (χ1) is 9.52. The number of rotatable bonds is 4. The number of hydrogen-bond donors (Lipinski definition) is 0. The van der Waals surface area contributed by atoms with Gasteiger partial charge in [-0.25, -0.2) is 0 Å². The Hall–Kier alpha value is -1.61. The molecule has 0 atom stereocenters. The number of carbonyl (C=O) groups is 1. The molecule has 0 aliphatic carbocycles. The molecule has 0 aliphatic rings. The molecular weight excluding hydrogens is 316 g/mol. The van der Waals surface area contributed by atoms with Gasteiger partial charge < -0.3 is 4.74 Å². The van der Waals surface area contributed by atoms with Crippen molar-refractivity contribution in [2.24, 2.45) is 0 Å². The Balaban J connectivity index is 2.49. The first-order valence-electron chi connectivity index (χ1n) is 6.57. The van der Waals surface area contributed by atoms with E-state index in [2.05, 4.69) is 15.9 Å². The van der Waals surface area contributed by atoms with Crippen LogP contribution in [0.15, 0.2) is 40.9 Å². The maximum Gasteiger partial charge on any atom is 0.197 e. The van der Waals surface area contributed by atoms with E-state index in [-0.39, 0.29) is 5.78 Å². The zero-order valence-electron chi connectivity index (χ0n) is 11.9. The molecule has 104 valence electrons. The highest BCUT2D eigenvalue weighted by atomic mass is 79.9. The molecule has 0 spiro atoms. The first-order valence-corrected chi connectivity index (χ1v) is 7.36. The fourth-order valence-corrected chi connectivity index (χ4v) is 2.73. The predicted molar refractivity (Wildman–Crippen MR) is 84.7 cm³/mol. The van der Waals surface area contributed by atoms with Crippen LogP contribution in [0.5, 0.6) is 5.75 Å². The molecule has 3 heteroatoms. The molecule has 0 radical (unpaired) electrons. The van der Waals surface area contributed by atoms with Crippen LogP contribution in [0.3, 0.4) is 0 Å². The fraction of sp³-hybridized carbons (Fsp3) is 0.235. The van der Waals surface area contributed by atoms with Crippen molar-refractivity contribution in [2.45, 2.75) is 20.8 Å². The summed E-state index contributed by atoms with van der Waals surface area (Å²) >= 11 is 3.47. The Morgan fingerprint density at radius 3 is 2.35 bits per heavy atom. The highest BCUT2D eigenvalue weighted by Crippen LogP contribution is 2.27. The van der Waals surface area contributed by atoms with Crippen LogP contribution in [0.1, 0.15) is 34.0 Å². The van der Waals surface area contributed by atoms with Gasteiger partial charge in [-0.05, 0) is 50.6 Å². The SMILES string of the molecule is CCOc1ccc(C)cc1C(=O)c1ccc(C)cc1Br. The van der Waals surface area contributed by atoms with Crippen LogP contribution in [-0.2, 0) is 0 Å². The van der Waals surface area contributed by atoms with Gasteiger partial charge in [0.1, 0.15) is 5.75 Å². The average Bonchev–Trinajstić information content (AvgIpc) is 2.40. The molecule has 2 rings (SSSR count). The molecule has 0 N–H and O–H groups in total.